The first-order valence-electron chi connectivity index (χ1n) is 3.33. The second-order valence-electron chi connectivity index (χ2n) is 2.36. The van der Waals surface area contributed by atoms with Gasteiger partial charge in [0.25, 0.3) is 0 Å². The minimum atomic E-state index is 0.914. The molecule has 10 heavy (non-hydrogen) atoms. The van der Waals surface area contributed by atoms with Crippen molar-refractivity contribution in [3.05, 3.63) is 10.7 Å². The number of aromatic nitrogens is 2. The Hall–Kier alpha value is -0.510. The van der Waals surface area contributed by atoms with E-state index >= 15 is 0 Å². The SMILES string of the molecule is Brc1cc2n(n1)CCCN2. The predicted octanol–water partition coefficient (Wildman–Crippen LogP) is 1.46. The average Bonchev–Trinajstić information content (AvgIpc) is 2.27. The lowest BCUT2D eigenvalue weighted by atomic mass is 10.3. The van der Waals surface area contributed by atoms with Crippen molar-refractivity contribution in [3.8, 4) is 0 Å². The van der Waals surface area contributed by atoms with E-state index in [9.17, 15) is 0 Å². The lowest BCUT2D eigenvalue weighted by molar-refractivity contribution is 0.565. The van der Waals surface area contributed by atoms with Gasteiger partial charge in [-0.15, -0.1) is 0 Å². The summed E-state index contributed by atoms with van der Waals surface area (Å²) in [6, 6.07) is 2.00. The standard InChI is InChI=1S/C6H8BrN3/c7-5-4-6-8-2-1-3-10(6)9-5/h4,8H,1-3H2. The normalized spacial score (nSPS) is 16.1. The van der Waals surface area contributed by atoms with E-state index < -0.39 is 0 Å². The maximum Gasteiger partial charge on any atom is 0.130 e. The van der Waals surface area contributed by atoms with Gasteiger partial charge in [-0.3, -0.25) is 0 Å². The van der Waals surface area contributed by atoms with Gasteiger partial charge in [-0.1, -0.05) is 0 Å². The molecule has 3 nitrogen and oxygen atoms in total. The Kier molecular flexibility index (Phi) is 1.41. The molecule has 0 aliphatic carbocycles. The van der Waals surface area contributed by atoms with E-state index in [-0.39, 0.29) is 0 Å². The number of fused-ring (bicyclic) bond motifs is 1. The van der Waals surface area contributed by atoms with Gasteiger partial charge in [0.05, 0.1) is 0 Å². The van der Waals surface area contributed by atoms with Crippen LogP contribution in [0.1, 0.15) is 6.42 Å². The van der Waals surface area contributed by atoms with Crippen molar-refractivity contribution in [2.45, 2.75) is 13.0 Å². The van der Waals surface area contributed by atoms with E-state index in [0.717, 1.165) is 23.5 Å². The Morgan fingerprint density at radius 1 is 1.70 bits per heavy atom. The molecule has 1 aromatic heterocycles. The van der Waals surface area contributed by atoms with Gasteiger partial charge < -0.3 is 5.32 Å². The van der Waals surface area contributed by atoms with Crippen LogP contribution in [-0.2, 0) is 6.54 Å². The van der Waals surface area contributed by atoms with Crippen molar-refractivity contribution in [1.82, 2.24) is 9.78 Å². The van der Waals surface area contributed by atoms with Gasteiger partial charge in [0.1, 0.15) is 10.4 Å². The van der Waals surface area contributed by atoms with Crippen LogP contribution in [0.4, 0.5) is 5.82 Å². The summed E-state index contributed by atoms with van der Waals surface area (Å²) in [5.74, 6) is 1.12. The second-order valence-corrected chi connectivity index (χ2v) is 3.17. The first-order valence-corrected chi connectivity index (χ1v) is 4.13. The maximum atomic E-state index is 4.22. The predicted molar refractivity (Wildman–Crippen MR) is 43.0 cm³/mol. The van der Waals surface area contributed by atoms with Gasteiger partial charge in [-0.25, -0.2) is 4.68 Å². The topological polar surface area (TPSA) is 29.9 Å². The van der Waals surface area contributed by atoms with Gasteiger partial charge in [-0.05, 0) is 22.4 Å². The minimum absolute atomic E-state index is 0.914. The molecule has 0 amide bonds. The molecule has 0 aromatic carbocycles. The molecule has 54 valence electrons. The summed E-state index contributed by atoms with van der Waals surface area (Å²) < 4.78 is 2.89. The molecule has 0 saturated heterocycles. The smallest absolute Gasteiger partial charge is 0.130 e. The van der Waals surface area contributed by atoms with Crippen LogP contribution in [-0.4, -0.2) is 16.3 Å². The molecule has 1 aromatic rings. The number of hydrogen-bond donors (Lipinski definition) is 1. The van der Waals surface area contributed by atoms with Crippen molar-refractivity contribution in [1.29, 1.82) is 0 Å². The van der Waals surface area contributed by atoms with Crippen molar-refractivity contribution < 1.29 is 0 Å². The molecule has 2 rings (SSSR count). The Bertz CT molecular complexity index is 220. The molecule has 0 spiro atoms. The summed E-state index contributed by atoms with van der Waals surface area (Å²) in [5.41, 5.74) is 0. The highest BCUT2D eigenvalue weighted by atomic mass is 79.9. The van der Waals surface area contributed by atoms with Crippen LogP contribution in [0.2, 0.25) is 0 Å². The van der Waals surface area contributed by atoms with Crippen LogP contribution in [0.25, 0.3) is 0 Å². The fraction of sp³-hybridized carbons (Fsp3) is 0.500. The number of nitrogens with one attached hydrogen (secondary N) is 1. The highest BCUT2D eigenvalue weighted by Crippen LogP contribution is 2.18. The third kappa shape index (κ3) is 0.923. The third-order valence-corrected chi connectivity index (χ3v) is 1.99. The average molecular weight is 202 g/mol. The number of nitrogens with zero attached hydrogens (tertiary/aromatic N) is 2. The summed E-state index contributed by atoms with van der Waals surface area (Å²) in [6.45, 7) is 2.10. The number of halogens is 1. The van der Waals surface area contributed by atoms with Gasteiger partial charge in [0.15, 0.2) is 0 Å². The van der Waals surface area contributed by atoms with E-state index in [0.29, 0.717) is 0 Å². The summed E-state index contributed by atoms with van der Waals surface area (Å²) in [7, 11) is 0. The summed E-state index contributed by atoms with van der Waals surface area (Å²) >= 11 is 3.32. The minimum Gasteiger partial charge on any atom is -0.370 e. The van der Waals surface area contributed by atoms with Crippen LogP contribution >= 0.6 is 15.9 Å². The molecule has 0 fully saturated rings. The molecule has 0 bridgehead atoms. The zero-order valence-electron chi connectivity index (χ0n) is 5.47. The van der Waals surface area contributed by atoms with Gasteiger partial charge in [0.2, 0.25) is 0 Å². The van der Waals surface area contributed by atoms with E-state index in [1.807, 2.05) is 10.7 Å². The van der Waals surface area contributed by atoms with Crippen molar-refractivity contribution >= 4 is 21.7 Å². The van der Waals surface area contributed by atoms with Crippen LogP contribution in [0.5, 0.6) is 0 Å². The fourth-order valence-electron chi connectivity index (χ4n) is 1.14. The molecule has 1 N–H and O–H groups in total. The number of anilines is 1. The lowest BCUT2D eigenvalue weighted by Crippen LogP contribution is -2.17. The Labute approximate surface area is 67.5 Å². The quantitative estimate of drug-likeness (QED) is 0.690. The number of rotatable bonds is 0. The van der Waals surface area contributed by atoms with Crippen LogP contribution < -0.4 is 5.32 Å². The maximum absolute atomic E-state index is 4.22. The molecule has 0 saturated carbocycles. The monoisotopic (exact) mass is 201 g/mol. The van der Waals surface area contributed by atoms with E-state index in [2.05, 4.69) is 26.3 Å². The lowest BCUT2D eigenvalue weighted by Gasteiger charge is -2.14. The van der Waals surface area contributed by atoms with Gasteiger partial charge >= 0.3 is 0 Å². The first-order chi connectivity index (χ1) is 4.86. The summed E-state index contributed by atoms with van der Waals surface area (Å²) in [6.07, 6.45) is 1.17. The molecule has 4 heteroatoms. The van der Waals surface area contributed by atoms with Crippen molar-refractivity contribution in [2.24, 2.45) is 0 Å². The van der Waals surface area contributed by atoms with Crippen LogP contribution in [0, 0.1) is 0 Å². The molecular formula is C6H8BrN3. The molecule has 0 unspecified atom stereocenters. The second kappa shape index (κ2) is 2.27. The van der Waals surface area contributed by atoms with E-state index in [1.165, 1.54) is 6.42 Å². The Morgan fingerprint density at radius 2 is 2.60 bits per heavy atom. The fourth-order valence-corrected chi connectivity index (χ4v) is 1.55. The summed E-state index contributed by atoms with van der Waals surface area (Å²) in [5, 5.41) is 7.48. The first kappa shape index (κ1) is 6.22. The molecule has 0 atom stereocenters. The van der Waals surface area contributed by atoms with Crippen LogP contribution in [0.3, 0.4) is 0 Å². The molecule has 0 radical (unpaired) electrons. The highest BCUT2D eigenvalue weighted by Gasteiger charge is 2.08. The van der Waals surface area contributed by atoms with Crippen LogP contribution in [0.15, 0.2) is 10.7 Å². The number of aryl methyl sites for hydroxylation is 1. The van der Waals surface area contributed by atoms with Crippen molar-refractivity contribution in [3.63, 3.8) is 0 Å². The third-order valence-electron chi connectivity index (χ3n) is 1.60. The zero-order chi connectivity index (χ0) is 6.97. The van der Waals surface area contributed by atoms with E-state index in [1.54, 1.807) is 0 Å². The van der Waals surface area contributed by atoms with Gasteiger partial charge in [-0.2, -0.15) is 5.10 Å². The van der Waals surface area contributed by atoms with Gasteiger partial charge in [0, 0.05) is 19.2 Å². The van der Waals surface area contributed by atoms with Crippen molar-refractivity contribution in [2.75, 3.05) is 11.9 Å². The summed E-state index contributed by atoms with van der Waals surface area (Å²) in [4.78, 5) is 0. The molecule has 1 aliphatic rings. The highest BCUT2D eigenvalue weighted by molar-refractivity contribution is 9.10. The molecule has 1 aliphatic heterocycles. The van der Waals surface area contributed by atoms with E-state index in [4.69, 9.17) is 0 Å². The molecular weight excluding hydrogens is 194 g/mol. The largest absolute Gasteiger partial charge is 0.370 e. The molecule has 2 heterocycles. The zero-order valence-corrected chi connectivity index (χ0v) is 7.06. The number of hydrogen-bond acceptors (Lipinski definition) is 2. The Morgan fingerprint density at radius 3 is 3.40 bits per heavy atom. The Balaban J connectivity index is 2.41.